The van der Waals surface area contributed by atoms with E-state index in [-0.39, 0.29) is 0 Å². The molecule has 0 unspecified atom stereocenters. The molecule has 4 aromatic rings. The maximum absolute atomic E-state index is 10.7. The molecule has 0 atom stereocenters. The Balaban J connectivity index is 0.000000319. The second kappa shape index (κ2) is 13.7. The van der Waals surface area contributed by atoms with Crippen molar-refractivity contribution in [3.05, 3.63) is 116 Å². The summed E-state index contributed by atoms with van der Waals surface area (Å²) in [5.41, 5.74) is -11.3. The third-order valence-corrected chi connectivity index (χ3v) is 10.8. The van der Waals surface area contributed by atoms with Crippen LogP contribution in [0, 0.1) is 0 Å². The van der Waals surface area contributed by atoms with Gasteiger partial charge in [-0.3, -0.25) is 0 Å². The van der Waals surface area contributed by atoms with Crippen molar-refractivity contribution in [2.75, 3.05) is 0 Å². The van der Waals surface area contributed by atoms with E-state index in [1.165, 1.54) is 21.2 Å². The Bertz CT molecular complexity index is 1500. The summed E-state index contributed by atoms with van der Waals surface area (Å²) in [6.45, 7) is 0. The molecule has 0 aliphatic rings. The highest BCUT2D eigenvalue weighted by atomic mass is 32.2. The fraction of sp³-hybridized carbons (Fsp3) is 0.115. The third-order valence-electron chi connectivity index (χ3n) is 5.35. The van der Waals surface area contributed by atoms with E-state index in [1.54, 1.807) is 0 Å². The lowest BCUT2D eigenvalue weighted by Crippen LogP contribution is -2.40. The van der Waals surface area contributed by atoms with E-state index in [4.69, 9.17) is 25.9 Å². The van der Waals surface area contributed by atoms with Gasteiger partial charge in [0.1, 0.15) is 35.5 Å². The Morgan fingerprint density at radius 3 is 0.952 bits per heavy atom. The lowest BCUT2D eigenvalue weighted by Gasteiger charge is -2.27. The number of nitrogens with zero attached hydrogens (tertiary/aromatic N) is 1. The molecular weight excluding hydrogens is 631 g/mol. The number of aromatic nitrogens is 1. The van der Waals surface area contributed by atoms with E-state index in [0.29, 0.717) is 0 Å². The van der Waals surface area contributed by atoms with E-state index in [1.807, 2.05) is 0 Å². The Morgan fingerprint density at radius 2 is 0.738 bits per heavy atom. The van der Waals surface area contributed by atoms with Crippen LogP contribution in [0.25, 0.3) is 0 Å². The number of halogens is 6. The maximum atomic E-state index is 10.7. The monoisotopic (exact) mass is 653 g/mol. The van der Waals surface area contributed by atoms with Crippen LogP contribution < -0.4 is 25.8 Å². The number of benzene rings is 3. The Morgan fingerprint density at radius 1 is 0.524 bits per heavy atom. The van der Waals surface area contributed by atoms with Crippen LogP contribution >= 0.6 is 7.26 Å². The summed E-state index contributed by atoms with van der Waals surface area (Å²) in [6, 6.07) is 37.4. The Kier molecular flexibility index (Phi) is 11.4. The predicted molar refractivity (Wildman–Crippen MR) is 144 cm³/mol. The molecule has 16 heteroatoms. The van der Waals surface area contributed by atoms with Gasteiger partial charge in [0, 0.05) is 12.1 Å². The normalized spacial score (nSPS) is 12.3. The van der Waals surface area contributed by atoms with Crippen LogP contribution in [-0.4, -0.2) is 37.0 Å². The van der Waals surface area contributed by atoms with Gasteiger partial charge in [-0.2, -0.15) is 26.3 Å². The zero-order chi connectivity index (χ0) is 31.8. The molecule has 0 spiro atoms. The van der Waals surface area contributed by atoms with Gasteiger partial charge in [-0.25, -0.2) is 21.4 Å². The van der Waals surface area contributed by atoms with Crippen LogP contribution in [0.1, 0.15) is 0 Å². The lowest BCUT2D eigenvalue weighted by molar-refractivity contribution is -0.671. The highest BCUT2D eigenvalue weighted by molar-refractivity contribution is 8.01. The van der Waals surface area contributed by atoms with Crippen LogP contribution in [0.3, 0.4) is 0 Å². The Hall–Kier alpha value is -3.36. The topological polar surface area (TPSA) is 118 Å². The summed E-state index contributed by atoms with van der Waals surface area (Å²) in [6.07, 6.45) is 4.30. The molecule has 0 fully saturated rings. The first kappa shape index (κ1) is 34.8. The quantitative estimate of drug-likeness (QED) is 0.110. The molecule has 226 valence electrons. The van der Waals surface area contributed by atoms with Crippen LogP contribution in [0.5, 0.6) is 0 Å². The van der Waals surface area contributed by atoms with Gasteiger partial charge in [-0.1, -0.05) is 54.6 Å². The smallest absolute Gasteiger partial charge is 0.485 e. The minimum Gasteiger partial charge on any atom is -0.741 e. The van der Waals surface area contributed by atoms with Crippen LogP contribution in [0.2, 0.25) is 0 Å². The number of aryl methyl sites for hydroxylation is 1. The molecule has 0 amide bonds. The minimum absolute atomic E-state index is 1.37. The molecule has 3 aromatic carbocycles. The van der Waals surface area contributed by atoms with Crippen molar-refractivity contribution in [2.24, 2.45) is 7.05 Å². The molecule has 7 nitrogen and oxygen atoms in total. The second-order valence-corrected chi connectivity index (χ2v) is 14.3. The van der Waals surface area contributed by atoms with E-state index in [2.05, 4.69) is 127 Å². The van der Waals surface area contributed by atoms with Gasteiger partial charge >= 0.3 is 11.0 Å². The Labute approximate surface area is 238 Å². The number of pyridine rings is 1. The molecule has 0 bridgehead atoms. The van der Waals surface area contributed by atoms with Crippen molar-refractivity contribution in [3.8, 4) is 0 Å². The number of hydrogen-bond acceptors (Lipinski definition) is 6. The van der Waals surface area contributed by atoms with Gasteiger partial charge in [-0.15, -0.1) is 0 Å². The lowest BCUT2D eigenvalue weighted by atomic mass is 10.3. The van der Waals surface area contributed by atoms with Crippen LogP contribution in [0.4, 0.5) is 26.3 Å². The van der Waals surface area contributed by atoms with Gasteiger partial charge < -0.3 is 9.11 Å². The maximum Gasteiger partial charge on any atom is 0.485 e. The van der Waals surface area contributed by atoms with E-state index >= 15 is 0 Å². The van der Waals surface area contributed by atoms with Gasteiger partial charge in [0.05, 0.1) is 0 Å². The average Bonchev–Trinajstić information content (AvgIpc) is 2.91. The van der Waals surface area contributed by atoms with Crippen molar-refractivity contribution in [1.82, 2.24) is 0 Å². The van der Waals surface area contributed by atoms with Crippen molar-refractivity contribution >= 4 is 48.7 Å². The summed E-state index contributed by atoms with van der Waals surface area (Å²) in [5.74, 6) is 0. The minimum atomic E-state index is -6.09. The van der Waals surface area contributed by atoms with Crippen molar-refractivity contribution in [3.63, 3.8) is 0 Å². The van der Waals surface area contributed by atoms with Gasteiger partial charge in [-0.05, 0) is 36.4 Å². The number of rotatable bonds is 4. The summed E-state index contributed by atoms with van der Waals surface area (Å²) in [5, 5.41) is 5.52. The molecule has 1 heterocycles. The van der Waals surface area contributed by atoms with Crippen LogP contribution in [-0.2, 0) is 27.3 Å². The number of hydrogen-bond donors (Lipinski definition) is 0. The molecule has 0 radical (unpaired) electrons. The zero-order valence-corrected chi connectivity index (χ0v) is 23.9. The van der Waals surface area contributed by atoms with E-state index < -0.39 is 38.5 Å². The number of alkyl halides is 6. The van der Waals surface area contributed by atoms with Crippen molar-refractivity contribution in [1.29, 1.82) is 0 Å². The molecule has 42 heavy (non-hydrogen) atoms. The molecule has 1 aromatic heterocycles. The van der Waals surface area contributed by atoms with Gasteiger partial charge in [0.25, 0.3) is 0 Å². The largest absolute Gasteiger partial charge is 0.741 e. The summed E-state index contributed by atoms with van der Waals surface area (Å²) >= 11 is 0. The van der Waals surface area contributed by atoms with E-state index in [0.717, 1.165) is 0 Å². The summed E-state index contributed by atoms with van der Waals surface area (Å²) in [4.78, 5) is 0. The molecule has 0 aliphatic carbocycles. The highest BCUT2D eigenvalue weighted by Crippen LogP contribution is 2.53. The van der Waals surface area contributed by atoms with Gasteiger partial charge in [0.15, 0.2) is 32.6 Å². The molecule has 4 rings (SSSR count). The van der Waals surface area contributed by atoms with Gasteiger partial charge in [0.2, 0.25) is 0 Å². The molecule has 0 saturated heterocycles. The summed E-state index contributed by atoms with van der Waals surface area (Å²) < 4.78 is 120. The van der Waals surface area contributed by atoms with E-state index in [9.17, 15) is 26.3 Å². The molecule has 0 saturated carbocycles. The van der Waals surface area contributed by atoms with Crippen LogP contribution in [0.15, 0.2) is 116 Å². The third kappa shape index (κ3) is 8.82. The molecular formula is C26H22F6NO6PS2. The second-order valence-electron chi connectivity index (χ2n) is 8.20. The standard InChI is InChI=1S/C24H22NP.2CHF3O3S/c1-25-19-17-24(18-20-25)26(21-11-5-2-6-12-21,22-13-7-3-8-14-22)23-15-9-4-10-16-23;2*2-1(3,4)8(5,6)7/h2-20H,1H3;2*(H,5,6,7)/q+2;;/p-2. The van der Waals surface area contributed by atoms with Crippen molar-refractivity contribution in [2.45, 2.75) is 11.0 Å². The molecule has 0 aliphatic heterocycles. The first-order valence-corrected chi connectivity index (χ1v) is 16.0. The van der Waals surface area contributed by atoms with Crippen molar-refractivity contribution < 1.29 is 56.9 Å². The molecule has 0 N–H and O–H groups in total. The summed E-state index contributed by atoms with van der Waals surface area (Å²) in [7, 11) is -12.1. The SMILES string of the molecule is C[n+]1ccc([P+](c2ccccc2)(c2ccccc2)c2ccccc2)cc1.O=S(=O)([O-])C(F)(F)F.O=S(=O)([O-])C(F)(F)F. The fourth-order valence-corrected chi connectivity index (χ4v) is 7.79. The first-order chi connectivity index (χ1) is 19.3. The predicted octanol–water partition coefficient (Wildman–Crippen LogP) is 3.23. The average molecular weight is 654 g/mol. The zero-order valence-electron chi connectivity index (χ0n) is 21.4. The first-order valence-electron chi connectivity index (χ1n) is 11.4. The highest BCUT2D eigenvalue weighted by Gasteiger charge is 2.48. The fourth-order valence-electron chi connectivity index (χ4n) is 3.57.